The number of nitrogens with zero attached hydrogens (tertiary/aromatic N) is 2. The molecule has 0 radical (unpaired) electrons. The van der Waals surface area contributed by atoms with Crippen LogP contribution in [0.1, 0.15) is 45.6 Å². The van der Waals surface area contributed by atoms with Crippen LogP contribution in [0.3, 0.4) is 0 Å². The molecule has 1 aromatic rings. The Morgan fingerprint density at radius 1 is 1.34 bits per heavy atom. The molecule has 0 aliphatic heterocycles. The van der Waals surface area contributed by atoms with E-state index in [-0.39, 0.29) is 35.8 Å². The molecule has 2 N–H and O–H groups in total. The highest BCUT2D eigenvalue weighted by atomic mass is 127. The Balaban J connectivity index is 0.00000420. The minimum absolute atomic E-state index is 0. The number of hydrogen-bond acceptors (Lipinski definition) is 3. The number of halogens is 1. The van der Waals surface area contributed by atoms with E-state index in [1.807, 2.05) is 45.2 Å². The van der Waals surface area contributed by atoms with E-state index in [9.17, 15) is 4.79 Å². The fourth-order valence-corrected chi connectivity index (χ4v) is 2.68. The molecule has 1 aromatic carbocycles. The Hall–Kier alpha value is -1.35. The molecular formula is C22H37IN4O2. The minimum atomic E-state index is 0. The summed E-state index contributed by atoms with van der Waals surface area (Å²) in [6, 6.07) is 7.90. The topological polar surface area (TPSA) is 66.0 Å². The number of ether oxygens (including phenoxy) is 1. The summed E-state index contributed by atoms with van der Waals surface area (Å²) in [6.07, 6.45) is 3.46. The maximum Gasteiger partial charge on any atom is 0.227 e. The summed E-state index contributed by atoms with van der Waals surface area (Å²) in [6.45, 7) is 9.81. The van der Waals surface area contributed by atoms with Crippen molar-refractivity contribution in [2.75, 3.05) is 38.7 Å². The number of carbonyl (C=O) groups is 1. The van der Waals surface area contributed by atoms with Crippen LogP contribution in [0.15, 0.2) is 29.3 Å². The summed E-state index contributed by atoms with van der Waals surface area (Å²) in [5, 5.41) is 6.32. The van der Waals surface area contributed by atoms with Crippen molar-refractivity contribution in [2.45, 2.75) is 46.6 Å². The molecular weight excluding hydrogens is 479 g/mol. The van der Waals surface area contributed by atoms with Gasteiger partial charge in [0.1, 0.15) is 0 Å². The molecule has 1 amide bonds. The smallest absolute Gasteiger partial charge is 0.227 e. The average molecular weight is 516 g/mol. The molecule has 6 nitrogen and oxygen atoms in total. The van der Waals surface area contributed by atoms with Gasteiger partial charge in [0, 0.05) is 38.3 Å². The summed E-state index contributed by atoms with van der Waals surface area (Å²) in [5.74, 6) is 1.73. The minimum Gasteiger partial charge on any atom is -0.379 e. The van der Waals surface area contributed by atoms with E-state index in [0.29, 0.717) is 13.2 Å². The Labute approximate surface area is 192 Å². The van der Waals surface area contributed by atoms with Gasteiger partial charge in [-0.3, -0.25) is 4.79 Å². The molecule has 0 bridgehead atoms. The third-order valence-electron chi connectivity index (χ3n) is 4.98. The number of hydrogen-bond donors (Lipinski definition) is 2. The van der Waals surface area contributed by atoms with E-state index in [2.05, 4.69) is 22.5 Å². The summed E-state index contributed by atoms with van der Waals surface area (Å²) < 4.78 is 5.74. The van der Waals surface area contributed by atoms with Gasteiger partial charge in [0.05, 0.1) is 13.2 Å². The highest BCUT2D eigenvalue weighted by molar-refractivity contribution is 14.0. The number of guanidine groups is 1. The summed E-state index contributed by atoms with van der Waals surface area (Å²) in [5.41, 5.74) is 1.89. The van der Waals surface area contributed by atoms with Gasteiger partial charge >= 0.3 is 0 Å². The van der Waals surface area contributed by atoms with Gasteiger partial charge in [-0.2, -0.15) is 0 Å². The van der Waals surface area contributed by atoms with Gasteiger partial charge in [0.15, 0.2) is 5.96 Å². The highest BCUT2D eigenvalue weighted by Gasteiger charge is 2.21. The first-order chi connectivity index (χ1) is 13.5. The van der Waals surface area contributed by atoms with Crippen molar-refractivity contribution in [3.63, 3.8) is 0 Å². The second kappa shape index (κ2) is 13.8. The Morgan fingerprint density at radius 3 is 2.76 bits per heavy atom. The summed E-state index contributed by atoms with van der Waals surface area (Å²) in [4.78, 5) is 18.9. The Morgan fingerprint density at radius 2 is 2.10 bits per heavy atom. The summed E-state index contributed by atoms with van der Waals surface area (Å²) in [7, 11) is 2.03. The molecule has 2 rings (SSSR count). The standard InChI is InChI=1S/C22H36N4O2.HI/c1-5-17(3)21(27)25-20-9-7-8-19(14-20)15-24-22(23-6-2)26(4)12-13-28-16-18-10-11-18;/h7-9,14,17-18H,5-6,10-13,15-16H2,1-4H3,(H,23,24)(H,25,27);1H. The van der Waals surface area contributed by atoms with E-state index in [4.69, 9.17) is 9.73 Å². The molecule has 29 heavy (non-hydrogen) atoms. The Bertz CT molecular complexity index is 649. The first kappa shape index (κ1) is 25.7. The van der Waals surface area contributed by atoms with Crippen LogP contribution in [0.4, 0.5) is 5.69 Å². The monoisotopic (exact) mass is 516 g/mol. The molecule has 1 atom stereocenters. The molecule has 0 aromatic heterocycles. The number of rotatable bonds is 11. The average Bonchev–Trinajstić information content (AvgIpc) is 3.52. The van der Waals surface area contributed by atoms with Gasteiger partial charge in [-0.25, -0.2) is 4.99 Å². The second-order valence-corrected chi connectivity index (χ2v) is 7.61. The van der Waals surface area contributed by atoms with Crippen LogP contribution in [0.2, 0.25) is 0 Å². The molecule has 0 heterocycles. The number of aliphatic imine (C=N–C) groups is 1. The van der Waals surface area contributed by atoms with E-state index in [1.165, 1.54) is 12.8 Å². The van der Waals surface area contributed by atoms with E-state index < -0.39 is 0 Å². The van der Waals surface area contributed by atoms with Crippen molar-refractivity contribution in [1.29, 1.82) is 0 Å². The van der Waals surface area contributed by atoms with Crippen LogP contribution >= 0.6 is 24.0 Å². The van der Waals surface area contributed by atoms with Crippen LogP contribution in [0.25, 0.3) is 0 Å². The molecule has 1 unspecified atom stereocenters. The first-order valence-electron chi connectivity index (χ1n) is 10.5. The zero-order chi connectivity index (χ0) is 20.4. The van der Waals surface area contributed by atoms with Crippen molar-refractivity contribution >= 4 is 41.5 Å². The maximum atomic E-state index is 12.1. The number of carbonyl (C=O) groups excluding carboxylic acids is 1. The van der Waals surface area contributed by atoms with Crippen molar-refractivity contribution < 1.29 is 9.53 Å². The molecule has 1 saturated carbocycles. The lowest BCUT2D eigenvalue weighted by Crippen LogP contribution is -2.40. The fourth-order valence-electron chi connectivity index (χ4n) is 2.68. The van der Waals surface area contributed by atoms with E-state index >= 15 is 0 Å². The number of benzene rings is 1. The maximum absolute atomic E-state index is 12.1. The van der Waals surface area contributed by atoms with Gasteiger partial charge in [0.25, 0.3) is 0 Å². The summed E-state index contributed by atoms with van der Waals surface area (Å²) >= 11 is 0. The number of likely N-dealkylation sites (N-methyl/N-ethyl adjacent to an activating group) is 1. The highest BCUT2D eigenvalue weighted by Crippen LogP contribution is 2.28. The van der Waals surface area contributed by atoms with Gasteiger partial charge in [-0.05, 0) is 49.8 Å². The molecule has 0 saturated heterocycles. The molecule has 1 aliphatic carbocycles. The predicted octanol–water partition coefficient (Wildman–Crippen LogP) is 4.11. The van der Waals surface area contributed by atoms with Crippen molar-refractivity contribution in [1.82, 2.24) is 10.2 Å². The SMILES string of the molecule is CCNC(=NCc1cccc(NC(=O)C(C)CC)c1)N(C)CCOCC1CC1.I. The zero-order valence-electron chi connectivity index (χ0n) is 18.2. The lowest BCUT2D eigenvalue weighted by molar-refractivity contribution is -0.119. The molecule has 1 aliphatic rings. The quantitative estimate of drug-likeness (QED) is 0.201. The van der Waals surface area contributed by atoms with E-state index in [0.717, 1.165) is 49.2 Å². The van der Waals surface area contributed by atoms with Crippen LogP contribution in [-0.4, -0.2) is 50.1 Å². The van der Waals surface area contributed by atoms with Gasteiger partial charge < -0.3 is 20.3 Å². The number of anilines is 1. The van der Waals surface area contributed by atoms with E-state index in [1.54, 1.807) is 0 Å². The first-order valence-corrected chi connectivity index (χ1v) is 10.5. The van der Waals surface area contributed by atoms with Gasteiger partial charge in [-0.1, -0.05) is 26.0 Å². The Kier molecular flexibility index (Phi) is 12.2. The molecule has 1 fully saturated rings. The number of amides is 1. The van der Waals surface area contributed by atoms with Crippen LogP contribution in [-0.2, 0) is 16.1 Å². The molecule has 7 heteroatoms. The van der Waals surface area contributed by atoms with Crippen LogP contribution in [0, 0.1) is 11.8 Å². The third-order valence-corrected chi connectivity index (χ3v) is 4.98. The number of nitrogens with one attached hydrogen (secondary N) is 2. The van der Waals surface area contributed by atoms with Gasteiger partial charge in [0.2, 0.25) is 5.91 Å². The molecule has 0 spiro atoms. The second-order valence-electron chi connectivity index (χ2n) is 7.61. The van der Waals surface area contributed by atoms with Crippen LogP contribution < -0.4 is 10.6 Å². The lowest BCUT2D eigenvalue weighted by atomic mass is 10.1. The fraction of sp³-hybridized carbons (Fsp3) is 0.636. The molecule has 164 valence electrons. The third kappa shape index (κ3) is 9.80. The zero-order valence-corrected chi connectivity index (χ0v) is 20.6. The predicted molar refractivity (Wildman–Crippen MR) is 131 cm³/mol. The lowest BCUT2D eigenvalue weighted by Gasteiger charge is -2.22. The van der Waals surface area contributed by atoms with Crippen molar-refractivity contribution in [3.8, 4) is 0 Å². The van der Waals surface area contributed by atoms with Gasteiger partial charge in [-0.15, -0.1) is 24.0 Å². The van der Waals surface area contributed by atoms with Crippen LogP contribution in [0.5, 0.6) is 0 Å². The largest absolute Gasteiger partial charge is 0.379 e. The van der Waals surface area contributed by atoms with Crippen molar-refractivity contribution in [3.05, 3.63) is 29.8 Å². The van der Waals surface area contributed by atoms with Crippen molar-refractivity contribution in [2.24, 2.45) is 16.8 Å². The normalized spacial score (nSPS) is 14.7.